The van der Waals surface area contributed by atoms with E-state index in [1.54, 1.807) is 6.08 Å². The van der Waals surface area contributed by atoms with E-state index in [1.807, 2.05) is 33.3 Å². The molecule has 2 atom stereocenters. The van der Waals surface area contributed by atoms with E-state index >= 15 is 0 Å². The lowest BCUT2D eigenvalue weighted by Crippen LogP contribution is -2.37. The zero-order chi connectivity index (χ0) is 42.3. The van der Waals surface area contributed by atoms with Crippen LogP contribution in [0.15, 0.2) is 72.9 Å². The molecule has 0 aliphatic heterocycles. The Bertz CT molecular complexity index is 1260. The minimum Gasteiger partial charge on any atom is -0.462 e. The number of ketones is 1. The van der Waals surface area contributed by atoms with Gasteiger partial charge in [-0.1, -0.05) is 126 Å². The molecule has 0 radical (unpaired) electrons. The molecule has 0 saturated carbocycles. The average Bonchev–Trinajstić information content (AvgIpc) is 3.15. The number of quaternary nitrogens is 1. The molecular weight excluding hydrogens is 741 g/mol. The second-order valence-electron chi connectivity index (χ2n) is 15.4. The fraction of sp³-hybridized carbons (Fsp3) is 0.674. The molecule has 0 saturated heterocycles. The molecule has 0 rings (SSSR count). The summed E-state index contributed by atoms with van der Waals surface area (Å²) in [6, 6.07) is 0. The minimum atomic E-state index is -4.45. The van der Waals surface area contributed by atoms with Crippen molar-refractivity contribution in [3.63, 3.8) is 0 Å². The molecule has 0 aliphatic carbocycles. The number of carbonyl (C=O) groups is 3. The Morgan fingerprint density at radius 3 is 1.72 bits per heavy atom. The molecule has 0 bridgehead atoms. The van der Waals surface area contributed by atoms with Gasteiger partial charge in [-0.3, -0.25) is 23.4 Å². The number of hydrogen-bond donors (Lipinski definition) is 1. The van der Waals surface area contributed by atoms with E-state index in [2.05, 4.69) is 62.5 Å². The SMILES string of the molecule is CCCCC/C=C\C/C=C\C/C=C\C=C\C(=O)CCCC(=O)O[C@H](COC(=O)CCCCCCC/C=C\C/C=C\CCCCC)COP(=O)(O)OCC[N+](C)(C)C. The number of phosphoric ester groups is 1. The van der Waals surface area contributed by atoms with Crippen LogP contribution in [0, 0.1) is 0 Å². The van der Waals surface area contributed by atoms with E-state index in [0.717, 1.165) is 64.2 Å². The van der Waals surface area contributed by atoms with Gasteiger partial charge in [-0.25, -0.2) is 4.57 Å². The van der Waals surface area contributed by atoms with Gasteiger partial charge in [0.25, 0.3) is 0 Å². The number of unbranched alkanes of at least 4 members (excludes halogenated alkanes) is 11. The first-order chi connectivity index (χ1) is 27.4. The van der Waals surface area contributed by atoms with Crippen LogP contribution >= 0.6 is 7.82 Å². The Labute approximate surface area is 346 Å². The quantitative estimate of drug-likeness (QED) is 0.0123. The summed E-state index contributed by atoms with van der Waals surface area (Å²) in [5.74, 6) is -1.20. The summed E-state index contributed by atoms with van der Waals surface area (Å²) >= 11 is 0. The van der Waals surface area contributed by atoms with Crippen molar-refractivity contribution in [2.24, 2.45) is 0 Å². The van der Waals surface area contributed by atoms with Gasteiger partial charge in [0, 0.05) is 19.3 Å². The molecule has 326 valence electrons. The molecule has 0 aromatic carbocycles. The van der Waals surface area contributed by atoms with Gasteiger partial charge < -0.3 is 18.9 Å². The Morgan fingerprint density at radius 2 is 1.12 bits per heavy atom. The maximum absolute atomic E-state index is 12.7. The fourth-order valence-corrected chi connectivity index (χ4v) is 5.97. The molecule has 57 heavy (non-hydrogen) atoms. The lowest BCUT2D eigenvalue weighted by atomic mass is 10.1. The van der Waals surface area contributed by atoms with E-state index in [9.17, 15) is 23.8 Å². The van der Waals surface area contributed by atoms with Crippen LogP contribution in [0.4, 0.5) is 0 Å². The van der Waals surface area contributed by atoms with Gasteiger partial charge in [0.1, 0.15) is 19.8 Å². The normalized spacial score (nSPS) is 14.2. The molecule has 1 N–H and O–H groups in total. The Balaban J connectivity index is 4.62. The number of nitrogens with zero attached hydrogens (tertiary/aromatic N) is 1. The third-order valence-corrected chi connectivity index (χ3v) is 9.67. The Kier molecular flexibility index (Phi) is 35.5. The number of likely N-dealkylation sites (N-methyl/N-ethyl adjacent to an activating group) is 1. The zero-order valence-electron chi connectivity index (χ0n) is 36.3. The van der Waals surface area contributed by atoms with E-state index in [0.29, 0.717) is 17.4 Å². The van der Waals surface area contributed by atoms with Crippen molar-refractivity contribution < 1.29 is 46.8 Å². The van der Waals surface area contributed by atoms with Crippen LogP contribution in [0.2, 0.25) is 0 Å². The van der Waals surface area contributed by atoms with Gasteiger partial charge in [0.15, 0.2) is 11.9 Å². The number of allylic oxidation sites excluding steroid dienone is 12. The van der Waals surface area contributed by atoms with Gasteiger partial charge in [-0.05, 0) is 76.7 Å². The third-order valence-electron chi connectivity index (χ3n) is 8.69. The summed E-state index contributed by atoms with van der Waals surface area (Å²) in [4.78, 5) is 47.6. The predicted octanol–water partition coefficient (Wildman–Crippen LogP) is 11.4. The highest BCUT2D eigenvalue weighted by molar-refractivity contribution is 7.47. The number of hydrogen-bond acceptors (Lipinski definition) is 8. The van der Waals surface area contributed by atoms with Crippen LogP contribution in [-0.4, -0.2) is 80.7 Å². The number of phosphoric acid groups is 1. The Hall–Kier alpha value is -2.88. The number of rotatable bonds is 38. The number of carbonyl (C=O) groups excluding carboxylic acids is 3. The molecule has 1 unspecified atom stereocenters. The largest absolute Gasteiger partial charge is 0.472 e. The first-order valence-electron chi connectivity index (χ1n) is 21.6. The van der Waals surface area contributed by atoms with Gasteiger partial charge in [-0.15, -0.1) is 0 Å². The lowest BCUT2D eigenvalue weighted by Gasteiger charge is -2.24. The second-order valence-corrected chi connectivity index (χ2v) is 16.9. The summed E-state index contributed by atoms with van der Waals surface area (Å²) in [5, 5.41) is 0. The van der Waals surface area contributed by atoms with Crippen molar-refractivity contribution in [3.05, 3.63) is 72.9 Å². The van der Waals surface area contributed by atoms with Gasteiger partial charge >= 0.3 is 19.8 Å². The number of ether oxygens (including phenoxy) is 2. The predicted molar refractivity (Wildman–Crippen MR) is 234 cm³/mol. The number of esters is 2. The monoisotopic (exact) mass is 821 g/mol. The van der Waals surface area contributed by atoms with Crippen molar-refractivity contribution in [2.75, 3.05) is 47.5 Å². The van der Waals surface area contributed by atoms with Gasteiger partial charge in [0.05, 0.1) is 27.7 Å². The van der Waals surface area contributed by atoms with E-state index < -0.39 is 32.5 Å². The van der Waals surface area contributed by atoms with Crippen LogP contribution in [-0.2, 0) is 37.5 Å². The second kappa shape index (κ2) is 37.4. The molecule has 0 aliphatic rings. The first kappa shape index (κ1) is 54.1. The highest BCUT2D eigenvalue weighted by Crippen LogP contribution is 2.43. The lowest BCUT2D eigenvalue weighted by molar-refractivity contribution is -0.870. The van der Waals surface area contributed by atoms with Crippen molar-refractivity contribution in [2.45, 2.75) is 155 Å². The highest BCUT2D eigenvalue weighted by atomic mass is 31.2. The van der Waals surface area contributed by atoms with Crippen LogP contribution in [0.25, 0.3) is 0 Å². The maximum Gasteiger partial charge on any atom is 0.472 e. The summed E-state index contributed by atoms with van der Waals surface area (Å²) in [7, 11) is 1.31. The summed E-state index contributed by atoms with van der Waals surface area (Å²) < 4.78 is 34.0. The molecule has 11 heteroatoms. The highest BCUT2D eigenvalue weighted by Gasteiger charge is 2.27. The van der Waals surface area contributed by atoms with Gasteiger partial charge in [-0.2, -0.15) is 0 Å². The smallest absolute Gasteiger partial charge is 0.462 e. The van der Waals surface area contributed by atoms with Crippen molar-refractivity contribution >= 4 is 25.5 Å². The van der Waals surface area contributed by atoms with E-state index in [1.165, 1.54) is 44.6 Å². The molecule has 10 nitrogen and oxygen atoms in total. The Morgan fingerprint density at radius 1 is 0.596 bits per heavy atom. The van der Waals surface area contributed by atoms with Crippen LogP contribution in [0.1, 0.15) is 149 Å². The standard InChI is InChI=1S/C46H78NO9P/c1-6-8-10-12-14-16-18-20-21-23-25-27-29-31-33-37-45(49)53-41-44(42-55-57(51,52)54-40-39-47(3,4)5)56-46(50)38-34-36-43(48)35-32-30-28-26-24-22-19-17-15-13-11-9-7-2/h14-17,20-22,24,28,30,32,35,44H,6-13,18-19,23,25-27,29,31,33-34,36-42H2,1-5H3/p+1/b16-14-,17-15-,21-20-,24-22-,30-28-,35-32+/t44-/m1/s1. The van der Waals surface area contributed by atoms with E-state index in [4.69, 9.17) is 18.5 Å². The van der Waals surface area contributed by atoms with Crippen molar-refractivity contribution in [1.82, 2.24) is 0 Å². The summed E-state index contributed by atoms with van der Waals surface area (Å²) in [6.07, 6.45) is 42.4. The van der Waals surface area contributed by atoms with Gasteiger partial charge in [0.2, 0.25) is 0 Å². The molecule has 0 aromatic heterocycles. The molecule has 0 aromatic rings. The average molecular weight is 821 g/mol. The van der Waals surface area contributed by atoms with E-state index in [-0.39, 0.29) is 44.7 Å². The van der Waals surface area contributed by atoms with Crippen LogP contribution in [0.5, 0.6) is 0 Å². The maximum atomic E-state index is 12.7. The molecule has 0 amide bonds. The van der Waals surface area contributed by atoms with Crippen molar-refractivity contribution in [3.8, 4) is 0 Å². The fourth-order valence-electron chi connectivity index (χ4n) is 5.23. The van der Waals surface area contributed by atoms with Crippen LogP contribution < -0.4 is 0 Å². The first-order valence-corrected chi connectivity index (χ1v) is 23.1. The third kappa shape index (κ3) is 41.1. The zero-order valence-corrected chi connectivity index (χ0v) is 37.2. The minimum absolute atomic E-state index is 0.0172. The van der Waals surface area contributed by atoms with Crippen molar-refractivity contribution in [1.29, 1.82) is 0 Å². The topological polar surface area (TPSA) is 125 Å². The molecular formula is C46H79NO9P+. The van der Waals surface area contributed by atoms with Crippen LogP contribution in [0.3, 0.4) is 0 Å². The molecule has 0 spiro atoms. The summed E-state index contributed by atoms with van der Waals surface area (Å²) in [6.45, 7) is 4.04. The molecule has 0 heterocycles. The molecule has 0 fully saturated rings. The summed E-state index contributed by atoms with van der Waals surface area (Å²) in [5.41, 5.74) is 0.